The molecule has 114 valence electrons. The van der Waals surface area contributed by atoms with Crippen LogP contribution in [-0.2, 0) is 16.6 Å². The van der Waals surface area contributed by atoms with Gasteiger partial charge in [-0.15, -0.1) is 5.10 Å². The van der Waals surface area contributed by atoms with Crippen LogP contribution < -0.4 is 10.0 Å². The molecule has 0 bridgehead atoms. The maximum Gasteiger partial charge on any atom is 0.244 e. The van der Waals surface area contributed by atoms with Crippen LogP contribution >= 0.6 is 15.9 Å². The average molecular weight is 375 g/mol. The standard InChI is InChI=1S/C11H15BrN6O2S/c1-13-11-10(7-9(12)8-14-11)21(19,20)16-3-2-5-18-6-4-15-17-18/h4,6-8,16H,2-3,5H2,1H3,(H,13,14). The second-order valence-corrected chi connectivity index (χ2v) is 6.82. The van der Waals surface area contributed by atoms with Crippen LogP contribution in [0.2, 0.25) is 0 Å². The molecule has 8 nitrogen and oxygen atoms in total. The molecule has 0 spiro atoms. The molecule has 0 aliphatic heterocycles. The fourth-order valence-corrected chi connectivity index (χ4v) is 3.43. The van der Waals surface area contributed by atoms with Crippen molar-refractivity contribution < 1.29 is 8.42 Å². The third-order valence-corrected chi connectivity index (χ3v) is 4.58. The van der Waals surface area contributed by atoms with Crippen LogP contribution in [0.4, 0.5) is 5.82 Å². The molecule has 2 N–H and O–H groups in total. The fraction of sp³-hybridized carbons (Fsp3) is 0.364. The Bertz CT molecular complexity index is 689. The van der Waals surface area contributed by atoms with Gasteiger partial charge in [-0.1, -0.05) is 5.21 Å². The summed E-state index contributed by atoms with van der Waals surface area (Å²) in [5.41, 5.74) is 0. The minimum atomic E-state index is -3.62. The van der Waals surface area contributed by atoms with Gasteiger partial charge < -0.3 is 5.32 Å². The molecule has 2 rings (SSSR count). The molecule has 0 aliphatic rings. The molecule has 2 aromatic heterocycles. The first-order valence-corrected chi connectivity index (χ1v) is 8.47. The number of nitrogens with one attached hydrogen (secondary N) is 2. The van der Waals surface area contributed by atoms with Gasteiger partial charge in [0, 0.05) is 37.0 Å². The van der Waals surface area contributed by atoms with E-state index in [-0.39, 0.29) is 4.90 Å². The summed E-state index contributed by atoms with van der Waals surface area (Å²) in [5, 5.41) is 10.3. The molecule has 21 heavy (non-hydrogen) atoms. The van der Waals surface area contributed by atoms with E-state index in [2.05, 4.69) is 41.3 Å². The second kappa shape index (κ2) is 6.96. The number of aryl methyl sites for hydroxylation is 1. The largest absolute Gasteiger partial charge is 0.372 e. The lowest BCUT2D eigenvalue weighted by Gasteiger charge is -2.10. The Morgan fingerprint density at radius 2 is 2.24 bits per heavy atom. The molecule has 0 aromatic carbocycles. The first-order valence-electron chi connectivity index (χ1n) is 6.20. The number of nitrogens with zero attached hydrogens (tertiary/aromatic N) is 4. The Morgan fingerprint density at radius 1 is 1.43 bits per heavy atom. The summed E-state index contributed by atoms with van der Waals surface area (Å²) in [6, 6.07) is 1.51. The normalized spacial score (nSPS) is 11.5. The second-order valence-electron chi connectivity index (χ2n) is 4.17. The van der Waals surface area contributed by atoms with Crippen LogP contribution in [0.25, 0.3) is 0 Å². The van der Waals surface area contributed by atoms with Crippen molar-refractivity contribution >= 4 is 31.8 Å². The minimum Gasteiger partial charge on any atom is -0.372 e. The van der Waals surface area contributed by atoms with Crippen molar-refractivity contribution in [3.05, 3.63) is 29.1 Å². The fourth-order valence-electron chi connectivity index (χ4n) is 1.69. The van der Waals surface area contributed by atoms with Gasteiger partial charge in [0.15, 0.2) is 0 Å². The zero-order valence-electron chi connectivity index (χ0n) is 11.3. The highest BCUT2D eigenvalue weighted by Crippen LogP contribution is 2.22. The van der Waals surface area contributed by atoms with E-state index in [1.807, 2.05) is 0 Å². The van der Waals surface area contributed by atoms with Crippen LogP contribution in [0.3, 0.4) is 0 Å². The number of pyridine rings is 1. The maximum absolute atomic E-state index is 12.3. The molecule has 0 atom stereocenters. The Morgan fingerprint density at radius 3 is 2.90 bits per heavy atom. The van der Waals surface area contributed by atoms with Crippen LogP contribution in [-0.4, -0.2) is 42.0 Å². The quantitative estimate of drug-likeness (QED) is 0.696. The van der Waals surface area contributed by atoms with Crippen molar-refractivity contribution in [2.75, 3.05) is 18.9 Å². The highest BCUT2D eigenvalue weighted by atomic mass is 79.9. The number of halogens is 1. The Kier molecular flexibility index (Phi) is 5.26. The predicted octanol–water partition coefficient (Wildman–Crippen LogP) is 0.846. The van der Waals surface area contributed by atoms with E-state index in [0.717, 1.165) is 0 Å². The van der Waals surface area contributed by atoms with Gasteiger partial charge in [-0.2, -0.15) is 0 Å². The molecule has 0 unspecified atom stereocenters. The number of hydrogen-bond acceptors (Lipinski definition) is 6. The van der Waals surface area contributed by atoms with Gasteiger partial charge in [-0.25, -0.2) is 18.1 Å². The third-order valence-electron chi connectivity index (χ3n) is 2.67. The summed E-state index contributed by atoms with van der Waals surface area (Å²) in [5.74, 6) is 0.307. The first kappa shape index (κ1) is 15.9. The lowest BCUT2D eigenvalue weighted by molar-refractivity contribution is 0.542. The minimum absolute atomic E-state index is 0.111. The van der Waals surface area contributed by atoms with Crippen molar-refractivity contribution in [1.82, 2.24) is 24.7 Å². The summed E-state index contributed by atoms with van der Waals surface area (Å²) in [6.07, 6.45) is 5.46. The van der Waals surface area contributed by atoms with E-state index >= 15 is 0 Å². The van der Waals surface area contributed by atoms with Crippen LogP contribution in [0.5, 0.6) is 0 Å². The van der Waals surface area contributed by atoms with E-state index < -0.39 is 10.0 Å². The van der Waals surface area contributed by atoms with Crippen molar-refractivity contribution in [2.24, 2.45) is 0 Å². The summed E-state index contributed by atoms with van der Waals surface area (Å²) in [6.45, 7) is 0.899. The number of anilines is 1. The van der Waals surface area contributed by atoms with E-state index in [9.17, 15) is 8.42 Å². The van der Waals surface area contributed by atoms with Crippen LogP contribution in [0, 0.1) is 0 Å². The molecule has 0 fully saturated rings. The van der Waals surface area contributed by atoms with Crippen LogP contribution in [0.1, 0.15) is 6.42 Å². The summed E-state index contributed by atoms with van der Waals surface area (Å²) in [4.78, 5) is 4.14. The van der Waals surface area contributed by atoms with Gasteiger partial charge in [0.25, 0.3) is 0 Å². The van der Waals surface area contributed by atoms with Gasteiger partial charge in [-0.05, 0) is 28.4 Å². The number of aromatic nitrogens is 4. The molecule has 10 heteroatoms. The van der Waals surface area contributed by atoms with Gasteiger partial charge in [0.05, 0.1) is 6.20 Å². The Hall–Kier alpha value is -1.52. The molecule has 0 radical (unpaired) electrons. The summed E-state index contributed by atoms with van der Waals surface area (Å²) < 4.78 is 29.4. The number of hydrogen-bond donors (Lipinski definition) is 2. The predicted molar refractivity (Wildman–Crippen MR) is 81.3 cm³/mol. The smallest absolute Gasteiger partial charge is 0.244 e. The molecule has 2 aromatic rings. The van der Waals surface area contributed by atoms with E-state index in [4.69, 9.17) is 0 Å². The summed E-state index contributed by atoms with van der Waals surface area (Å²) in [7, 11) is -1.99. The topological polar surface area (TPSA) is 102 Å². The monoisotopic (exact) mass is 374 g/mol. The van der Waals surface area contributed by atoms with Crippen molar-refractivity contribution in [3.8, 4) is 0 Å². The zero-order valence-corrected chi connectivity index (χ0v) is 13.7. The van der Waals surface area contributed by atoms with Crippen molar-refractivity contribution in [1.29, 1.82) is 0 Å². The van der Waals surface area contributed by atoms with E-state index in [1.54, 1.807) is 24.1 Å². The van der Waals surface area contributed by atoms with Gasteiger partial charge in [0.2, 0.25) is 10.0 Å². The zero-order chi connectivity index (χ0) is 15.3. The molecular weight excluding hydrogens is 360 g/mol. The third kappa shape index (κ3) is 4.22. The number of rotatable bonds is 7. The van der Waals surface area contributed by atoms with Crippen LogP contribution in [0.15, 0.2) is 34.0 Å². The SMILES string of the molecule is CNc1ncc(Br)cc1S(=O)(=O)NCCCn1ccnn1. The highest BCUT2D eigenvalue weighted by molar-refractivity contribution is 9.10. The molecule has 2 heterocycles. The first-order chi connectivity index (χ1) is 10.0. The highest BCUT2D eigenvalue weighted by Gasteiger charge is 2.19. The molecule has 0 saturated carbocycles. The lowest BCUT2D eigenvalue weighted by atomic mass is 10.4. The lowest BCUT2D eigenvalue weighted by Crippen LogP contribution is -2.26. The van der Waals surface area contributed by atoms with Crippen molar-refractivity contribution in [3.63, 3.8) is 0 Å². The van der Waals surface area contributed by atoms with Gasteiger partial charge in [-0.3, -0.25) is 4.68 Å². The summed E-state index contributed by atoms with van der Waals surface area (Å²) >= 11 is 3.22. The van der Waals surface area contributed by atoms with Crippen molar-refractivity contribution in [2.45, 2.75) is 17.9 Å². The average Bonchev–Trinajstić information content (AvgIpc) is 2.97. The van der Waals surface area contributed by atoms with E-state index in [0.29, 0.717) is 29.8 Å². The Labute approximate surface area is 131 Å². The molecule has 0 saturated heterocycles. The molecule has 0 aliphatic carbocycles. The van der Waals surface area contributed by atoms with E-state index in [1.165, 1.54) is 12.3 Å². The molecule has 0 amide bonds. The van der Waals surface area contributed by atoms with Gasteiger partial charge in [0.1, 0.15) is 10.7 Å². The Balaban J connectivity index is 1.99. The molecular formula is C11H15BrN6O2S. The maximum atomic E-state index is 12.3. The van der Waals surface area contributed by atoms with Gasteiger partial charge >= 0.3 is 0 Å². The number of sulfonamides is 1.